The van der Waals surface area contributed by atoms with Gasteiger partial charge in [0.05, 0.1) is 7.11 Å². The van der Waals surface area contributed by atoms with Crippen molar-refractivity contribution in [2.24, 2.45) is 0 Å². The lowest BCUT2D eigenvalue weighted by Gasteiger charge is -2.37. The number of hydrogen-bond donors (Lipinski definition) is 1. The number of nitrogens with zero attached hydrogens (tertiary/aromatic N) is 2. The van der Waals surface area contributed by atoms with Gasteiger partial charge in [0.25, 0.3) is 0 Å². The number of carbonyl (C=O) groups excluding carboxylic acids is 1. The molecule has 5 heteroatoms. The van der Waals surface area contributed by atoms with Gasteiger partial charge in [-0.15, -0.1) is 0 Å². The van der Waals surface area contributed by atoms with E-state index in [-0.39, 0.29) is 6.61 Å². The van der Waals surface area contributed by atoms with Crippen LogP contribution in [0.1, 0.15) is 36.2 Å². The van der Waals surface area contributed by atoms with Crippen LogP contribution < -0.4 is 4.90 Å². The molecule has 0 amide bonds. The third-order valence-corrected chi connectivity index (χ3v) is 3.56. The molecule has 1 aromatic rings. The van der Waals surface area contributed by atoms with Gasteiger partial charge in [-0.25, -0.2) is 9.78 Å². The largest absolute Gasteiger partial charge is 0.464 e. The minimum Gasteiger partial charge on any atom is -0.464 e. The van der Waals surface area contributed by atoms with E-state index < -0.39 is 5.97 Å². The summed E-state index contributed by atoms with van der Waals surface area (Å²) in [6.07, 6.45) is 5.80. The predicted octanol–water partition coefficient (Wildman–Crippen LogP) is 1.61. The number of aliphatic hydroxyl groups excluding tert-OH is 1. The molecule has 2 rings (SSSR count). The molecular weight excluding hydrogens is 244 g/mol. The van der Waals surface area contributed by atoms with Crippen molar-refractivity contribution in [3.8, 4) is 0 Å². The summed E-state index contributed by atoms with van der Waals surface area (Å²) in [4.78, 5) is 17.8. The summed E-state index contributed by atoms with van der Waals surface area (Å²) in [7, 11) is 1.35. The maximum absolute atomic E-state index is 11.5. The van der Waals surface area contributed by atoms with E-state index in [9.17, 15) is 4.79 Å². The smallest absolute Gasteiger partial charge is 0.356 e. The van der Waals surface area contributed by atoms with Gasteiger partial charge in [0.2, 0.25) is 0 Å². The number of pyridine rings is 1. The number of piperidine rings is 1. The zero-order chi connectivity index (χ0) is 13.7. The van der Waals surface area contributed by atoms with E-state index in [1.807, 2.05) is 6.07 Å². The summed E-state index contributed by atoms with van der Waals surface area (Å²) >= 11 is 0. The summed E-state index contributed by atoms with van der Waals surface area (Å²) in [6, 6.07) is 4.01. The third-order valence-electron chi connectivity index (χ3n) is 3.56. The van der Waals surface area contributed by atoms with Crippen LogP contribution >= 0.6 is 0 Å². The number of hydrogen-bond acceptors (Lipinski definition) is 5. The first-order valence-corrected chi connectivity index (χ1v) is 6.68. The van der Waals surface area contributed by atoms with Crippen molar-refractivity contribution < 1.29 is 14.6 Å². The molecule has 0 radical (unpaired) electrons. The summed E-state index contributed by atoms with van der Waals surface area (Å²) in [5.74, 6) is -0.419. The summed E-state index contributed by atoms with van der Waals surface area (Å²) in [6.45, 7) is 1.14. The molecule has 0 saturated carbocycles. The van der Waals surface area contributed by atoms with Gasteiger partial charge in [0, 0.05) is 31.1 Å². The van der Waals surface area contributed by atoms with Gasteiger partial charge < -0.3 is 14.7 Å². The first-order valence-electron chi connectivity index (χ1n) is 6.68. The number of carbonyl (C=O) groups is 1. The van der Waals surface area contributed by atoms with E-state index in [1.54, 1.807) is 12.3 Å². The second kappa shape index (κ2) is 6.52. The second-order valence-corrected chi connectivity index (χ2v) is 4.75. The molecule has 2 heterocycles. The van der Waals surface area contributed by atoms with E-state index in [2.05, 4.69) is 9.88 Å². The number of esters is 1. The van der Waals surface area contributed by atoms with Crippen molar-refractivity contribution in [3.63, 3.8) is 0 Å². The van der Waals surface area contributed by atoms with Crippen molar-refractivity contribution in [1.82, 2.24) is 4.98 Å². The van der Waals surface area contributed by atoms with E-state index in [4.69, 9.17) is 9.84 Å². The number of aliphatic hydroxyl groups is 1. The highest BCUT2D eigenvalue weighted by molar-refractivity contribution is 5.88. The fraction of sp³-hybridized carbons (Fsp3) is 0.571. The number of ether oxygens (including phenoxy) is 1. The number of anilines is 1. The lowest BCUT2D eigenvalue weighted by atomic mass is 9.99. The molecule has 0 bridgehead atoms. The molecule has 19 heavy (non-hydrogen) atoms. The number of rotatable bonds is 4. The Morgan fingerprint density at radius 1 is 1.58 bits per heavy atom. The molecule has 1 unspecified atom stereocenters. The van der Waals surface area contributed by atoms with Crippen LogP contribution in [-0.2, 0) is 4.74 Å². The second-order valence-electron chi connectivity index (χ2n) is 4.75. The SMILES string of the molecule is COC(=O)c1cc(N2CCCCC2CCO)ccn1. The molecule has 0 aliphatic carbocycles. The Labute approximate surface area is 113 Å². The molecule has 1 aliphatic rings. The van der Waals surface area contributed by atoms with E-state index in [0.29, 0.717) is 11.7 Å². The average molecular weight is 264 g/mol. The maximum atomic E-state index is 11.5. The average Bonchev–Trinajstić information content (AvgIpc) is 2.47. The predicted molar refractivity (Wildman–Crippen MR) is 72.3 cm³/mol. The molecule has 5 nitrogen and oxygen atoms in total. The topological polar surface area (TPSA) is 62.7 Å². The van der Waals surface area contributed by atoms with Gasteiger partial charge >= 0.3 is 5.97 Å². The van der Waals surface area contributed by atoms with Crippen LogP contribution in [0.2, 0.25) is 0 Å². The van der Waals surface area contributed by atoms with Crippen LogP contribution in [-0.4, -0.2) is 42.4 Å². The molecule has 1 N–H and O–H groups in total. The Balaban J connectivity index is 2.21. The van der Waals surface area contributed by atoms with E-state index in [1.165, 1.54) is 13.5 Å². The van der Waals surface area contributed by atoms with Gasteiger partial charge in [0.15, 0.2) is 0 Å². The normalized spacial score (nSPS) is 19.3. The molecule has 1 aliphatic heterocycles. The lowest BCUT2D eigenvalue weighted by molar-refractivity contribution is 0.0594. The number of aromatic nitrogens is 1. The van der Waals surface area contributed by atoms with E-state index in [0.717, 1.165) is 31.5 Å². The minimum atomic E-state index is -0.419. The van der Waals surface area contributed by atoms with Crippen LogP contribution in [0.3, 0.4) is 0 Å². The molecular formula is C14H20N2O3. The van der Waals surface area contributed by atoms with Crippen molar-refractivity contribution >= 4 is 11.7 Å². The Hall–Kier alpha value is -1.62. The third kappa shape index (κ3) is 3.23. The lowest BCUT2D eigenvalue weighted by Crippen LogP contribution is -2.40. The zero-order valence-corrected chi connectivity index (χ0v) is 11.2. The minimum absolute atomic E-state index is 0.191. The Morgan fingerprint density at radius 3 is 3.16 bits per heavy atom. The summed E-state index contributed by atoms with van der Waals surface area (Å²) < 4.78 is 4.69. The van der Waals surface area contributed by atoms with Crippen LogP contribution in [0, 0.1) is 0 Å². The Bertz CT molecular complexity index is 434. The van der Waals surface area contributed by atoms with Gasteiger partial charge in [-0.3, -0.25) is 0 Å². The quantitative estimate of drug-likeness (QED) is 0.837. The maximum Gasteiger partial charge on any atom is 0.356 e. The van der Waals surface area contributed by atoms with Gasteiger partial charge in [0.1, 0.15) is 5.69 Å². The number of methoxy groups -OCH3 is 1. The first kappa shape index (κ1) is 13.8. The Kier molecular flexibility index (Phi) is 4.74. The zero-order valence-electron chi connectivity index (χ0n) is 11.2. The van der Waals surface area contributed by atoms with Crippen molar-refractivity contribution in [2.75, 3.05) is 25.2 Å². The van der Waals surface area contributed by atoms with Crippen LogP contribution in [0.25, 0.3) is 0 Å². The fourth-order valence-corrected chi connectivity index (χ4v) is 2.60. The van der Waals surface area contributed by atoms with Gasteiger partial charge in [-0.05, 0) is 37.8 Å². The van der Waals surface area contributed by atoms with Gasteiger partial charge in [-0.1, -0.05) is 0 Å². The summed E-state index contributed by atoms with van der Waals surface area (Å²) in [5.41, 5.74) is 1.31. The molecule has 1 fully saturated rings. The molecule has 1 aromatic heterocycles. The highest BCUT2D eigenvalue weighted by atomic mass is 16.5. The molecule has 0 aromatic carbocycles. The van der Waals surface area contributed by atoms with E-state index >= 15 is 0 Å². The molecule has 1 saturated heterocycles. The van der Waals surface area contributed by atoms with Gasteiger partial charge in [-0.2, -0.15) is 0 Å². The first-order chi connectivity index (χ1) is 9.26. The van der Waals surface area contributed by atoms with Crippen LogP contribution in [0.15, 0.2) is 18.3 Å². The van der Waals surface area contributed by atoms with Crippen molar-refractivity contribution in [1.29, 1.82) is 0 Å². The van der Waals surface area contributed by atoms with Crippen LogP contribution in [0.4, 0.5) is 5.69 Å². The summed E-state index contributed by atoms with van der Waals surface area (Å²) in [5, 5.41) is 9.15. The fourth-order valence-electron chi connectivity index (χ4n) is 2.60. The highest BCUT2D eigenvalue weighted by Gasteiger charge is 2.23. The standard InChI is InChI=1S/C14H20N2O3/c1-19-14(18)13-10-12(5-7-15-13)16-8-3-2-4-11(16)6-9-17/h5,7,10-11,17H,2-4,6,8-9H2,1H3. The van der Waals surface area contributed by atoms with Crippen molar-refractivity contribution in [2.45, 2.75) is 31.7 Å². The van der Waals surface area contributed by atoms with Crippen LogP contribution in [0.5, 0.6) is 0 Å². The molecule has 0 spiro atoms. The Morgan fingerprint density at radius 2 is 2.42 bits per heavy atom. The molecule has 104 valence electrons. The highest BCUT2D eigenvalue weighted by Crippen LogP contribution is 2.26. The monoisotopic (exact) mass is 264 g/mol. The molecule has 1 atom stereocenters. The van der Waals surface area contributed by atoms with Crippen molar-refractivity contribution in [3.05, 3.63) is 24.0 Å².